The number of hydrogen-bond donors (Lipinski definition) is 1. The third kappa shape index (κ3) is 4.03. The van der Waals surface area contributed by atoms with Crippen LogP contribution in [0.4, 0.5) is 17.5 Å². The molecule has 130 valence electrons. The van der Waals surface area contributed by atoms with E-state index in [4.69, 9.17) is 4.74 Å². The molecule has 25 heavy (non-hydrogen) atoms. The van der Waals surface area contributed by atoms with Gasteiger partial charge in [0.15, 0.2) is 0 Å². The maximum absolute atomic E-state index is 11.6. The molecule has 8 heteroatoms. The number of benzene rings is 1. The quantitative estimate of drug-likeness (QED) is 0.647. The molecule has 1 aliphatic heterocycles. The zero-order valence-corrected chi connectivity index (χ0v) is 13.9. The standard InChI is InChI=1S/C17H19N5O3/c1-25-16(24)13-3-2-4-14(11-13)19-15-5-6-18-17(20-15)22-9-7-21(12-23)8-10-22/h2-6,11-12H,7-10H2,1H3,(H,18,19,20). The molecule has 0 spiro atoms. The number of nitrogens with one attached hydrogen (secondary N) is 1. The van der Waals surface area contributed by atoms with Crippen LogP contribution in [0.3, 0.4) is 0 Å². The summed E-state index contributed by atoms with van der Waals surface area (Å²) in [5, 5.41) is 3.17. The number of methoxy groups -OCH3 is 1. The molecule has 3 rings (SSSR count). The SMILES string of the molecule is COC(=O)c1cccc(Nc2ccnc(N3CCN(C=O)CC3)n2)c1. The van der Waals surface area contributed by atoms with Crippen LogP contribution in [0, 0.1) is 0 Å². The molecule has 0 aliphatic carbocycles. The molecule has 1 aliphatic rings. The van der Waals surface area contributed by atoms with Crippen LogP contribution in [0.1, 0.15) is 10.4 Å². The van der Waals surface area contributed by atoms with Crippen LogP contribution in [-0.4, -0.2) is 60.5 Å². The Hall–Kier alpha value is -3.16. The number of anilines is 3. The van der Waals surface area contributed by atoms with Gasteiger partial charge in [-0.2, -0.15) is 4.98 Å². The molecule has 0 bridgehead atoms. The van der Waals surface area contributed by atoms with E-state index in [0.717, 1.165) is 12.1 Å². The van der Waals surface area contributed by atoms with E-state index in [1.54, 1.807) is 35.4 Å². The molecule has 0 atom stereocenters. The Labute approximate surface area is 145 Å². The second kappa shape index (κ2) is 7.61. The van der Waals surface area contributed by atoms with Crippen LogP contribution >= 0.6 is 0 Å². The lowest BCUT2D eigenvalue weighted by Gasteiger charge is -2.32. The minimum absolute atomic E-state index is 0.389. The number of rotatable bonds is 5. The Bertz CT molecular complexity index is 759. The van der Waals surface area contributed by atoms with E-state index in [0.29, 0.717) is 43.5 Å². The second-order valence-electron chi connectivity index (χ2n) is 5.57. The molecule has 2 heterocycles. The maximum atomic E-state index is 11.6. The molecule has 1 aromatic carbocycles. The lowest BCUT2D eigenvalue weighted by molar-refractivity contribution is -0.118. The van der Waals surface area contributed by atoms with Crippen LogP contribution in [0.5, 0.6) is 0 Å². The number of carbonyl (C=O) groups excluding carboxylic acids is 2. The molecule has 1 N–H and O–H groups in total. The summed E-state index contributed by atoms with van der Waals surface area (Å²) in [6.45, 7) is 2.71. The van der Waals surface area contributed by atoms with Gasteiger partial charge in [0, 0.05) is 38.1 Å². The molecule has 0 saturated carbocycles. The fourth-order valence-electron chi connectivity index (χ4n) is 2.59. The van der Waals surface area contributed by atoms with E-state index in [2.05, 4.69) is 15.3 Å². The Balaban J connectivity index is 1.72. The van der Waals surface area contributed by atoms with Crippen molar-refractivity contribution in [1.82, 2.24) is 14.9 Å². The van der Waals surface area contributed by atoms with E-state index >= 15 is 0 Å². The summed E-state index contributed by atoms with van der Waals surface area (Å²) >= 11 is 0. The molecule has 1 fully saturated rings. The van der Waals surface area contributed by atoms with E-state index in [-0.39, 0.29) is 5.97 Å². The summed E-state index contributed by atoms with van der Waals surface area (Å²) < 4.78 is 4.73. The van der Waals surface area contributed by atoms with Crippen molar-refractivity contribution in [3.63, 3.8) is 0 Å². The zero-order chi connectivity index (χ0) is 17.6. The highest BCUT2D eigenvalue weighted by molar-refractivity contribution is 5.90. The van der Waals surface area contributed by atoms with Gasteiger partial charge >= 0.3 is 5.97 Å². The lowest BCUT2D eigenvalue weighted by Crippen LogP contribution is -2.46. The highest BCUT2D eigenvalue weighted by Crippen LogP contribution is 2.19. The van der Waals surface area contributed by atoms with E-state index in [1.807, 2.05) is 11.0 Å². The molecule has 1 aromatic heterocycles. The monoisotopic (exact) mass is 341 g/mol. The van der Waals surface area contributed by atoms with Gasteiger partial charge in [0.2, 0.25) is 12.4 Å². The summed E-state index contributed by atoms with van der Waals surface area (Å²) in [6, 6.07) is 8.77. The normalized spacial score (nSPS) is 14.1. The predicted molar refractivity (Wildman–Crippen MR) is 92.9 cm³/mol. The maximum Gasteiger partial charge on any atom is 0.337 e. The fourth-order valence-corrected chi connectivity index (χ4v) is 2.59. The first-order valence-electron chi connectivity index (χ1n) is 7.92. The number of piperazine rings is 1. The minimum atomic E-state index is -0.389. The van der Waals surface area contributed by atoms with Gasteiger partial charge in [-0.05, 0) is 24.3 Å². The van der Waals surface area contributed by atoms with Crippen molar-refractivity contribution in [3.05, 3.63) is 42.1 Å². The summed E-state index contributed by atoms with van der Waals surface area (Å²) in [5.74, 6) is 0.851. The Morgan fingerprint density at radius 2 is 2.04 bits per heavy atom. The molecule has 0 radical (unpaired) electrons. The molecular weight excluding hydrogens is 322 g/mol. The van der Waals surface area contributed by atoms with Gasteiger partial charge in [-0.1, -0.05) is 6.07 Å². The van der Waals surface area contributed by atoms with Gasteiger partial charge in [0.1, 0.15) is 5.82 Å². The number of carbonyl (C=O) groups is 2. The Morgan fingerprint density at radius 1 is 1.24 bits per heavy atom. The highest BCUT2D eigenvalue weighted by atomic mass is 16.5. The van der Waals surface area contributed by atoms with Crippen molar-refractivity contribution in [2.75, 3.05) is 43.5 Å². The van der Waals surface area contributed by atoms with Crippen molar-refractivity contribution < 1.29 is 14.3 Å². The fraction of sp³-hybridized carbons (Fsp3) is 0.294. The topological polar surface area (TPSA) is 87.7 Å². The third-order valence-corrected chi connectivity index (χ3v) is 3.95. The molecule has 0 unspecified atom stereocenters. The van der Waals surface area contributed by atoms with Crippen molar-refractivity contribution in [2.45, 2.75) is 0 Å². The smallest absolute Gasteiger partial charge is 0.337 e. The number of nitrogens with zero attached hydrogens (tertiary/aromatic N) is 4. The van der Waals surface area contributed by atoms with Crippen LogP contribution in [-0.2, 0) is 9.53 Å². The third-order valence-electron chi connectivity index (χ3n) is 3.95. The van der Waals surface area contributed by atoms with Crippen molar-refractivity contribution >= 4 is 29.8 Å². The average molecular weight is 341 g/mol. The first kappa shape index (κ1) is 16.7. The number of esters is 1. The van der Waals surface area contributed by atoms with E-state index in [1.165, 1.54) is 7.11 Å². The van der Waals surface area contributed by atoms with Crippen molar-refractivity contribution in [2.24, 2.45) is 0 Å². The average Bonchev–Trinajstić information content (AvgIpc) is 2.68. The molecule has 2 aromatic rings. The molecule has 8 nitrogen and oxygen atoms in total. The largest absolute Gasteiger partial charge is 0.465 e. The Morgan fingerprint density at radius 3 is 2.76 bits per heavy atom. The summed E-state index contributed by atoms with van der Waals surface area (Å²) in [5.41, 5.74) is 1.20. The molecule has 1 amide bonds. The van der Waals surface area contributed by atoms with Crippen molar-refractivity contribution in [3.8, 4) is 0 Å². The van der Waals surface area contributed by atoms with Gasteiger partial charge in [0.25, 0.3) is 0 Å². The summed E-state index contributed by atoms with van der Waals surface area (Å²) in [6.07, 6.45) is 2.55. The Kier molecular flexibility index (Phi) is 5.08. The van der Waals surface area contributed by atoms with Crippen LogP contribution in [0.2, 0.25) is 0 Å². The van der Waals surface area contributed by atoms with Gasteiger partial charge in [-0.25, -0.2) is 9.78 Å². The first-order valence-corrected chi connectivity index (χ1v) is 7.92. The molecular formula is C17H19N5O3. The van der Waals surface area contributed by atoms with Gasteiger partial charge < -0.3 is 19.9 Å². The lowest BCUT2D eigenvalue weighted by atomic mass is 10.2. The summed E-state index contributed by atoms with van der Waals surface area (Å²) in [4.78, 5) is 35.0. The number of aromatic nitrogens is 2. The number of amides is 1. The second-order valence-corrected chi connectivity index (χ2v) is 5.57. The molecule has 1 saturated heterocycles. The van der Waals surface area contributed by atoms with Crippen LogP contribution in [0.15, 0.2) is 36.5 Å². The zero-order valence-electron chi connectivity index (χ0n) is 13.9. The number of ether oxygens (including phenoxy) is 1. The first-order chi connectivity index (χ1) is 12.2. The highest BCUT2D eigenvalue weighted by Gasteiger charge is 2.18. The van der Waals surface area contributed by atoms with Gasteiger partial charge in [0.05, 0.1) is 12.7 Å². The number of hydrogen-bond acceptors (Lipinski definition) is 7. The van der Waals surface area contributed by atoms with Crippen molar-refractivity contribution in [1.29, 1.82) is 0 Å². The van der Waals surface area contributed by atoms with Gasteiger partial charge in [-0.15, -0.1) is 0 Å². The summed E-state index contributed by atoms with van der Waals surface area (Å²) in [7, 11) is 1.35. The van der Waals surface area contributed by atoms with Gasteiger partial charge in [-0.3, -0.25) is 4.79 Å². The van der Waals surface area contributed by atoms with E-state index in [9.17, 15) is 9.59 Å². The minimum Gasteiger partial charge on any atom is -0.465 e. The van der Waals surface area contributed by atoms with Crippen LogP contribution in [0.25, 0.3) is 0 Å². The van der Waals surface area contributed by atoms with E-state index < -0.39 is 0 Å². The predicted octanol–water partition coefficient (Wildman–Crippen LogP) is 1.29. The van der Waals surface area contributed by atoms with Crippen LogP contribution < -0.4 is 10.2 Å².